The lowest BCUT2D eigenvalue weighted by Crippen LogP contribution is -2.27. The molecule has 1 aromatic heterocycles. The molecular formula is C20H20FN3O3. The van der Waals surface area contributed by atoms with Crippen LogP contribution in [0.15, 0.2) is 48.5 Å². The van der Waals surface area contributed by atoms with Gasteiger partial charge in [0, 0.05) is 5.56 Å². The van der Waals surface area contributed by atoms with Gasteiger partial charge < -0.3 is 14.8 Å². The fraction of sp³-hybridized carbons (Fsp3) is 0.200. The molecule has 6 nitrogen and oxygen atoms in total. The first-order valence-electron chi connectivity index (χ1n) is 8.36. The molecule has 3 aromatic rings. The summed E-state index contributed by atoms with van der Waals surface area (Å²) in [4.78, 5) is 12.5. The van der Waals surface area contributed by atoms with E-state index in [1.807, 2.05) is 19.1 Å². The Kier molecular flexibility index (Phi) is 5.40. The third-order valence-electron chi connectivity index (χ3n) is 4.22. The number of aromatic amines is 1. The van der Waals surface area contributed by atoms with Crippen LogP contribution in [-0.2, 0) is 0 Å². The molecule has 7 heteroatoms. The average molecular weight is 369 g/mol. The molecule has 0 aliphatic carbocycles. The molecule has 0 aliphatic heterocycles. The zero-order valence-corrected chi connectivity index (χ0v) is 15.2. The van der Waals surface area contributed by atoms with Crippen LogP contribution in [0, 0.1) is 5.82 Å². The predicted octanol–water partition coefficient (Wildman–Crippen LogP) is 3.72. The second-order valence-corrected chi connectivity index (χ2v) is 5.98. The van der Waals surface area contributed by atoms with Crippen molar-refractivity contribution in [1.29, 1.82) is 0 Å². The van der Waals surface area contributed by atoms with E-state index in [2.05, 4.69) is 15.5 Å². The number of benzene rings is 2. The summed E-state index contributed by atoms with van der Waals surface area (Å²) >= 11 is 0. The highest BCUT2D eigenvalue weighted by molar-refractivity contribution is 5.93. The normalized spacial score (nSPS) is 11.7. The standard InChI is InChI=1S/C20H20FN3O3/c1-12(14-6-9-18(26-2)19(10-14)27-3)22-20(25)17-11-16(23-24-17)13-4-7-15(21)8-5-13/h4-12H,1-3H3,(H,22,25)(H,23,24)/t12-/m1/s1. The second-order valence-electron chi connectivity index (χ2n) is 5.98. The lowest BCUT2D eigenvalue weighted by atomic mass is 10.1. The highest BCUT2D eigenvalue weighted by atomic mass is 19.1. The molecule has 0 unspecified atom stereocenters. The summed E-state index contributed by atoms with van der Waals surface area (Å²) in [5.74, 6) is 0.600. The molecule has 2 aromatic carbocycles. The van der Waals surface area contributed by atoms with Gasteiger partial charge in [0.25, 0.3) is 5.91 Å². The van der Waals surface area contributed by atoms with Crippen molar-refractivity contribution < 1.29 is 18.7 Å². The number of ether oxygens (including phenoxy) is 2. The summed E-state index contributed by atoms with van der Waals surface area (Å²) in [6, 6.07) is 12.8. The SMILES string of the molecule is COc1ccc([C@@H](C)NC(=O)c2cc(-c3ccc(F)cc3)n[nH]2)cc1OC. The first-order chi connectivity index (χ1) is 13.0. The Hall–Kier alpha value is -3.35. The van der Waals surface area contributed by atoms with E-state index in [0.29, 0.717) is 22.9 Å². The van der Waals surface area contributed by atoms with Crippen LogP contribution >= 0.6 is 0 Å². The number of rotatable bonds is 6. The summed E-state index contributed by atoms with van der Waals surface area (Å²) in [5.41, 5.74) is 2.49. The quantitative estimate of drug-likeness (QED) is 0.694. The minimum Gasteiger partial charge on any atom is -0.493 e. The van der Waals surface area contributed by atoms with Crippen LogP contribution < -0.4 is 14.8 Å². The smallest absolute Gasteiger partial charge is 0.269 e. The zero-order chi connectivity index (χ0) is 19.4. The van der Waals surface area contributed by atoms with Crippen molar-refractivity contribution >= 4 is 5.91 Å². The van der Waals surface area contributed by atoms with Gasteiger partial charge in [0.2, 0.25) is 0 Å². The Balaban J connectivity index is 1.73. The van der Waals surface area contributed by atoms with Gasteiger partial charge in [-0.25, -0.2) is 4.39 Å². The van der Waals surface area contributed by atoms with E-state index < -0.39 is 0 Å². The minimum atomic E-state index is -0.323. The van der Waals surface area contributed by atoms with Gasteiger partial charge in [-0.05, 0) is 55.0 Å². The number of amides is 1. The lowest BCUT2D eigenvalue weighted by Gasteiger charge is -2.16. The summed E-state index contributed by atoms with van der Waals surface area (Å²) in [5, 5.41) is 9.75. The first-order valence-corrected chi connectivity index (χ1v) is 8.36. The maximum atomic E-state index is 13.0. The zero-order valence-electron chi connectivity index (χ0n) is 15.2. The van der Waals surface area contributed by atoms with E-state index in [9.17, 15) is 9.18 Å². The Morgan fingerprint density at radius 1 is 1.07 bits per heavy atom. The maximum Gasteiger partial charge on any atom is 0.269 e. The Labute approximate surface area is 156 Å². The number of aromatic nitrogens is 2. The fourth-order valence-electron chi connectivity index (χ4n) is 2.69. The molecule has 0 spiro atoms. The van der Waals surface area contributed by atoms with E-state index in [1.54, 1.807) is 38.5 Å². The maximum absolute atomic E-state index is 13.0. The Morgan fingerprint density at radius 3 is 2.44 bits per heavy atom. The van der Waals surface area contributed by atoms with Crippen molar-refractivity contribution in [3.05, 3.63) is 65.6 Å². The predicted molar refractivity (Wildman–Crippen MR) is 99.4 cm³/mol. The molecule has 0 fully saturated rings. The number of halogens is 1. The molecular weight excluding hydrogens is 349 g/mol. The number of hydrogen-bond acceptors (Lipinski definition) is 4. The van der Waals surface area contributed by atoms with Crippen molar-refractivity contribution in [2.45, 2.75) is 13.0 Å². The third-order valence-corrected chi connectivity index (χ3v) is 4.22. The molecule has 0 bridgehead atoms. The Morgan fingerprint density at radius 2 is 1.78 bits per heavy atom. The number of carbonyl (C=O) groups excluding carboxylic acids is 1. The molecule has 3 rings (SSSR count). The van der Waals surface area contributed by atoms with Crippen LogP contribution in [-0.4, -0.2) is 30.3 Å². The van der Waals surface area contributed by atoms with Crippen LogP contribution in [0.2, 0.25) is 0 Å². The molecule has 1 amide bonds. The van der Waals surface area contributed by atoms with Gasteiger partial charge >= 0.3 is 0 Å². The minimum absolute atomic E-state index is 0.255. The highest BCUT2D eigenvalue weighted by Gasteiger charge is 2.16. The number of nitrogens with one attached hydrogen (secondary N) is 2. The largest absolute Gasteiger partial charge is 0.493 e. The van der Waals surface area contributed by atoms with Crippen LogP contribution in [0.4, 0.5) is 4.39 Å². The molecule has 1 heterocycles. The van der Waals surface area contributed by atoms with Crippen LogP contribution in [0.1, 0.15) is 29.0 Å². The average Bonchev–Trinajstić information content (AvgIpc) is 3.18. The van der Waals surface area contributed by atoms with E-state index >= 15 is 0 Å². The molecule has 140 valence electrons. The van der Waals surface area contributed by atoms with Crippen molar-refractivity contribution in [3.8, 4) is 22.8 Å². The number of methoxy groups -OCH3 is 2. The topological polar surface area (TPSA) is 76.2 Å². The summed E-state index contributed by atoms with van der Waals surface area (Å²) < 4.78 is 23.6. The lowest BCUT2D eigenvalue weighted by molar-refractivity contribution is 0.0934. The van der Waals surface area contributed by atoms with Crippen molar-refractivity contribution in [1.82, 2.24) is 15.5 Å². The van der Waals surface area contributed by atoms with Gasteiger partial charge in [0.1, 0.15) is 11.5 Å². The molecule has 27 heavy (non-hydrogen) atoms. The first kappa shape index (κ1) is 18.4. The molecule has 0 radical (unpaired) electrons. The summed E-state index contributed by atoms with van der Waals surface area (Å²) in [6.07, 6.45) is 0. The van der Waals surface area contributed by atoms with Crippen LogP contribution in [0.3, 0.4) is 0 Å². The Bertz CT molecular complexity index is 938. The summed E-state index contributed by atoms with van der Waals surface area (Å²) in [6.45, 7) is 1.87. The molecule has 2 N–H and O–H groups in total. The van der Waals surface area contributed by atoms with Gasteiger partial charge in [0.05, 0.1) is 26.0 Å². The van der Waals surface area contributed by atoms with E-state index in [0.717, 1.165) is 11.1 Å². The van der Waals surface area contributed by atoms with Gasteiger partial charge in [-0.1, -0.05) is 6.07 Å². The number of hydrogen-bond donors (Lipinski definition) is 2. The van der Waals surface area contributed by atoms with Crippen molar-refractivity contribution in [3.63, 3.8) is 0 Å². The highest BCUT2D eigenvalue weighted by Crippen LogP contribution is 2.30. The van der Waals surface area contributed by atoms with Crippen molar-refractivity contribution in [2.24, 2.45) is 0 Å². The van der Waals surface area contributed by atoms with E-state index in [1.165, 1.54) is 12.1 Å². The van der Waals surface area contributed by atoms with Crippen molar-refractivity contribution in [2.75, 3.05) is 14.2 Å². The number of H-pyrrole nitrogens is 1. The molecule has 0 saturated carbocycles. The van der Waals surface area contributed by atoms with Crippen LogP contribution in [0.5, 0.6) is 11.5 Å². The number of carbonyl (C=O) groups is 1. The molecule has 0 aliphatic rings. The number of nitrogens with zero attached hydrogens (tertiary/aromatic N) is 1. The van der Waals surface area contributed by atoms with Gasteiger partial charge in [-0.2, -0.15) is 5.10 Å². The summed E-state index contributed by atoms with van der Waals surface area (Å²) in [7, 11) is 3.13. The fourth-order valence-corrected chi connectivity index (χ4v) is 2.69. The molecule has 0 saturated heterocycles. The van der Waals surface area contributed by atoms with Crippen LogP contribution in [0.25, 0.3) is 11.3 Å². The van der Waals surface area contributed by atoms with E-state index in [-0.39, 0.29) is 17.8 Å². The van der Waals surface area contributed by atoms with Gasteiger partial charge in [0.15, 0.2) is 11.5 Å². The third kappa shape index (κ3) is 4.08. The van der Waals surface area contributed by atoms with Gasteiger partial charge in [-0.3, -0.25) is 9.89 Å². The second kappa shape index (κ2) is 7.90. The monoisotopic (exact) mass is 369 g/mol. The molecule has 1 atom stereocenters. The van der Waals surface area contributed by atoms with E-state index in [4.69, 9.17) is 9.47 Å². The van der Waals surface area contributed by atoms with Gasteiger partial charge in [-0.15, -0.1) is 0 Å².